The van der Waals surface area contributed by atoms with Gasteiger partial charge in [-0.1, -0.05) is 18.2 Å². The number of nitrogens with zero attached hydrogens (tertiary/aromatic N) is 1. The Hall–Kier alpha value is -1.55. The van der Waals surface area contributed by atoms with Crippen LogP contribution in [0.2, 0.25) is 0 Å². The molecule has 4 heteroatoms. The van der Waals surface area contributed by atoms with Crippen LogP contribution >= 0.6 is 0 Å². The molecule has 0 spiro atoms. The predicted octanol–water partition coefficient (Wildman–Crippen LogP) is 1.49. The number of hydrogen-bond donors (Lipinski definition) is 1. The van der Waals surface area contributed by atoms with Gasteiger partial charge in [-0.3, -0.25) is 4.90 Å². The van der Waals surface area contributed by atoms with Crippen molar-refractivity contribution in [1.29, 1.82) is 0 Å². The number of para-hydroxylation sites is 1. The molecule has 0 bridgehead atoms. The van der Waals surface area contributed by atoms with Crippen molar-refractivity contribution in [3.05, 3.63) is 29.8 Å². The molecule has 1 unspecified atom stereocenters. The average Bonchev–Trinajstić information content (AvgIpc) is 2.59. The van der Waals surface area contributed by atoms with Gasteiger partial charge in [0.15, 0.2) is 0 Å². The highest BCUT2D eigenvalue weighted by molar-refractivity contribution is 5.91. The van der Waals surface area contributed by atoms with Crippen LogP contribution in [-0.4, -0.2) is 18.7 Å². The number of cyclic esters (lactones) is 1. The van der Waals surface area contributed by atoms with E-state index in [0.717, 1.165) is 11.3 Å². The summed E-state index contributed by atoms with van der Waals surface area (Å²) in [7, 11) is 0. The van der Waals surface area contributed by atoms with Crippen LogP contribution in [-0.2, 0) is 11.3 Å². The van der Waals surface area contributed by atoms with Crippen LogP contribution < -0.4 is 10.6 Å². The normalized spacial score (nSPS) is 20.5. The van der Waals surface area contributed by atoms with Crippen LogP contribution in [0.3, 0.4) is 0 Å². The molecule has 0 aromatic heterocycles. The molecule has 4 nitrogen and oxygen atoms in total. The summed E-state index contributed by atoms with van der Waals surface area (Å²) in [6, 6.07) is 7.70. The standard InChI is InChI=1S/C11H14N2O2/c1-8-7-15-11(14)13(8)10-5-3-2-4-9(10)6-12/h2-5,8H,6-7,12H2,1H3. The highest BCUT2D eigenvalue weighted by Gasteiger charge is 2.31. The average molecular weight is 206 g/mol. The molecule has 1 aromatic rings. The Kier molecular flexibility index (Phi) is 2.60. The number of benzene rings is 1. The first-order valence-electron chi connectivity index (χ1n) is 4.98. The number of hydrogen-bond acceptors (Lipinski definition) is 3. The summed E-state index contributed by atoms with van der Waals surface area (Å²) in [5.41, 5.74) is 7.45. The first-order chi connectivity index (χ1) is 7.24. The fourth-order valence-electron chi connectivity index (χ4n) is 1.77. The van der Waals surface area contributed by atoms with Crippen molar-refractivity contribution in [2.45, 2.75) is 19.5 Å². The predicted molar refractivity (Wildman–Crippen MR) is 57.6 cm³/mol. The van der Waals surface area contributed by atoms with Crippen molar-refractivity contribution < 1.29 is 9.53 Å². The molecule has 1 fully saturated rings. The van der Waals surface area contributed by atoms with Gasteiger partial charge in [-0.05, 0) is 18.6 Å². The summed E-state index contributed by atoms with van der Waals surface area (Å²) in [6.07, 6.45) is -0.289. The van der Waals surface area contributed by atoms with Gasteiger partial charge in [0.25, 0.3) is 0 Å². The summed E-state index contributed by atoms with van der Waals surface area (Å²) in [4.78, 5) is 13.2. The summed E-state index contributed by atoms with van der Waals surface area (Å²) in [6.45, 7) is 2.82. The van der Waals surface area contributed by atoms with Crippen LogP contribution in [0.1, 0.15) is 12.5 Å². The lowest BCUT2D eigenvalue weighted by Crippen LogP contribution is -2.32. The molecule has 1 aliphatic rings. The fourth-order valence-corrected chi connectivity index (χ4v) is 1.77. The van der Waals surface area contributed by atoms with Crippen molar-refractivity contribution >= 4 is 11.8 Å². The molecule has 80 valence electrons. The van der Waals surface area contributed by atoms with Crippen molar-refractivity contribution in [2.75, 3.05) is 11.5 Å². The molecular formula is C11H14N2O2. The molecule has 0 saturated carbocycles. The van der Waals surface area contributed by atoms with Crippen molar-refractivity contribution in [3.63, 3.8) is 0 Å². The second kappa shape index (κ2) is 3.90. The Morgan fingerprint density at radius 2 is 2.27 bits per heavy atom. The third-order valence-electron chi connectivity index (χ3n) is 2.56. The Bertz CT molecular complexity index is 379. The SMILES string of the molecule is CC1COC(=O)N1c1ccccc1CN. The quantitative estimate of drug-likeness (QED) is 0.797. The van der Waals surface area contributed by atoms with E-state index in [4.69, 9.17) is 10.5 Å². The third kappa shape index (κ3) is 1.68. The maximum atomic E-state index is 11.5. The number of nitrogens with two attached hydrogens (primary N) is 1. The van der Waals surface area contributed by atoms with E-state index in [9.17, 15) is 4.79 Å². The van der Waals surface area contributed by atoms with E-state index in [2.05, 4.69) is 0 Å². The zero-order chi connectivity index (χ0) is 10.8. The number of amides is 1. The minimum absolute atomic E-state index is 0.0743. The molecule has 1 aliphatic heterocycles. The highest BCUT2D eigenvalue weighted by atomic mass is 16.6. The second-order valence-corrected chi connectivity index (χ2v) is 3.63. The molecular weight excluding hydrogens is 192 g/mol. The molecule has 2 rings (SSSR count). The lowest BCUT2D eigenvalue weighted by Gasteiger charge is -2.20. The van der Waals surface area contributed by atoms with Gasteiger partial charge in [0, 0.05) is 6.54 Å². The zero-order valence-corrected chi connectivity index (χ0v) is 8.64. The maximum absolute atomic E-state index is 11.5. The number of anilines is 1. The monoisotopic (exact) mass is 206 g/mol. The van der Waals surface area contributed by atoms with E-state index in [-0.39, 0.29) is 12.1 Å². The summed E-state index contributed by atoms with van der Waals surface area (Å²) < 4.78 is 4.98. The van der Waals surface area contributed by atoms with E-state index in [0.29, 0.717) is 13.2 Å². The molecule has 0 aliphatic carbocycles. The van der Waals surface area contributed by atoms with Crippen LogP contribution in [0.15, 0.2) is 24.3 Å². The minimum Gasteiger partial charge on any atom is -0.447 e. The van der Waals surface area contributed by atoms with Crippen LogP contribution in [0.5, 0.6) is 0 Å². The van der Waals surface area contributed by atoms with Crippen LogP contribution in [0, 0.1) is 0 Å². The first kappa shape index (κ1) is 9.98. The molecule has 0 radical (unpaired) electrons. The molecule has 1 aromatic carbocycles. The van der Waals surface area contributed by atoms with E-state index in [1.165, 1.54) is 0 Å². The topological polar surface area (TPSA) is 55.6 Å². The lowest BCUT2D eigenvalue weighted by atomic mass is 10.1. The second-order valence-electron chi connectivity index (χ2n) is 3.63. The van der Waals surface area contributed by atoms with Gasteiger partial charge in [0.05, 0.1) is 11.7 Å². The molecule has 1 heterocycles. The summed E-state index contributed by atoms with van der Waals surface area (Å²) in [5.74, 6) is 0. The Morgan fingerprint density at radius 1 is 1.53 bits per heavy atom. The fraction of sp³-hybridized carbons (Fsp3) is 0.364. The molecule has 2 N–H and O–H groups in total. The van der Waals surface area contributed by atoms with Crippen molar-refractivity contribution in [3.8, 4) is 0 Å². The molecule has 15 heavy (non-hydrogen) atoms. The molecule has 1 atom stereocenters. The highest BCUT2D eigenvalue weighted by Crippen LogP contribution is 2.26. The van der Waals surface area contributed by atoms with E-state index in [1.807, 2.05) is 31.2 Å². The minimum atomic E-state index is -0.289. The Morgan fingerprint density at radius 3 is 2.87 bits per heavy atom. The number of carbonyl (C=O) groups is 1. The Labute approximate surface area is 88.6 Å². The van der Waals surface area contributed by atoms with Gasteiger partial charge in [-0.2, -0.15) is 0 Å². The number of ether oxygens (including phenoxy) is 1. The smallest absolute Gasteiger partial charge is 0.414 e. The third-order valence-corrected chi connectivity index (χ3v) is 2.56. The largest absolute Gasteiger partial charge is 0.447 e. The van der Waals surface area contributed by atoms with Gasteiger partial charge in [-0.15, -0.1) is 0 Å². The van der Waals surface area contributed by atoms with Gasteiger partial charge in [0.1, 0.15) is 6.61 Å². The molecule has 1 amide bonds. The van der Waals surface area contributed by atoms with Crippen LogP contribution in [0.4, 0.5) is 10.5 Å². The van der Waals surface area contributed by atoms with Crippen LogP contribution in [0.25, 0.3) is 0 Å². The van der Waals surface area contributed by atoms with E-state index < -0.39 is 0 Å². The van der Waals surface area contributed by atoms with Gasteiger partial charge >= 0.3 is 6.09 Å². The lowest BCUT2D eigenvalue weighted by molar-refractivity contribution is 0.179. The summed E-state index contributed by atoms with van der Waals surface area (Å²) >= 11 is 0. The Balaban J connectivity index is 2.39. The van der Waals surface area contributed by atoms with Crippen molar-refractivity contribution in [2.24, 2.45) is 5.73 Å². The summed E-state index contributed by atoms with van der Waals surface area (Å²) in [5, 5.41) is 0. The molecule has 1 saturated heterocycles. The first-order valence-corrected chi connectivity index (χ1v) is 4.98. The maximum Gasteiger partial charge on any atom is 0.414 e. The van der Waals surface area contributed by atoms with E-state index in [1.54, 1.807) is 4.90 Å². The number of carbonyl (C=O) groups excluding carboxylic acids is 1. The zero-order valence-electron chi connectivity index (χ0n) is 8.64. The van der Waals surface area contributed by atoms with E-state index >= 15 is 0 Å². The van der Waals surface area contributed by atoms with Crippen molar-refractivity contribution in [1.82, 2.24) is 0 Å². The van der Waals surface area contributed by atoms with Gasteiger partial charge < -0.3 is 10.5 Å². The number of rotatable bonds is 2. The van der Waals surface area contributed by atoms with Gasteiger partial charge in [-0.25, -0.2) is 4.79 Å². The van der Waals surface area contributed by atoms with Gasteiger partial charge in [0.2, 0.25) is 0 Å².